The Morgan fingerprint density at radius 3 is 2.67 bits per heavy atom. The van der Waals surface area contributed by atoms with Gasteiger partial charge in [0.2, 0.25) is 0 Å². The highest BCUT2D eigenvalue weighted by atomic mass is 15.3. The van der Waals surface area contributed by atoms with E-state index in [0.29, 0.717) is 17.0 Å². The molecule has 1 aliphatic heterocycles. The molecule has 0 aromatic carbocycles. The average molecular weight is 238 g/mol. The van der Waals surface area contributed by atoms with Crippen LogP contribution in [0.4, 0.5) is 0 Å². The highest BCUT2D eigenvalue weighted by Crippen LogP contribution is 2.18. The Hall–Kier alpha value is -3.01. The van der Waals surface area contributed by atoms with Gasteiger partial charge >= 0.3 is 5.08 Å². The molecule has 2 aliphatic rings. The van der Waals surface area contributed by atoms with E-state index < -0.39 is 0 Å². The fourth-order valence-electron chi connectivity index (χ4n) is 1.58. The second-order valence-corrected chi connectivity index (χ2v) is 3.30. The van der Waals surface area contributed by atoms with E-state index in [2.05, 4.69) is 25.5 Å². The number of aliphatic imine (C=N–C) groups is 1. The lowest BCUT2D eigenvalue weighted by molar-refractivity contribution is 0.992. The van der Waals surface area contributed by atoms with Crippen molar-refractivity contribution in [3.63, 3.8) is 0 Å². The summed E-state index contributed by atoms with van der Waals surface area (Å²) in [7, 11) is 0. The van der Waals surface area contributed by atoms with E-state index in [-0.39, 0.29) is 0 Å². The summed E-state index contributed by atoms with van der Waals surface area (Å²) in [5.74, 6) is 0. The van der Waals surface area contributed by atoms with Crippen molar-refractivity contribution in [2.45, 2.75) is 0 Å². The van der Waals surface area contributed by atoms with Crippen molar-refractivity contribution in [3.05, 3.63) is 52.8 Å². The number of nitrogens with zero attached hydrogens (tertiary/aromatic N) is 6. The summed E-state index contributed by atoms with van der Waals surface area (Å²) in [6.07, 6.45) is 12.0. The molecule has 1 aliphatic carbocycles. The lowest BCUT2D eigenvalue weighted by Gasteiger charge is -2.10. The first kappa shape index (κ1) is 11.5. The van der Waals surface area contributed by atoms with Gasteiger partial charge in [-0.1, -0.05) is 23.5 Å². The van der Waals surface area contributed by atoms with Crippen molar-refractivity contribution in [3.8, 4) is 0 Å². The van der Waals surface area contributed by atoms with E-state index in [1.165, 1.54) is 6.21 Å². The first-order valence-corrected chi connectivity index (χ1v) is 5.03. The Morgan fingerprint density at radius 2 is 1.89 bits per heavy atom. The van der Waals surface area contributed by atoms with Crippen molar-refractivity contribution >= 4 is 17.6 Å². The molecule has 86 valence electrons. The van der Waals surface area contributed by atoms with E-state index in [1.807, 2.05) is 12.2 Å². The van der Waals surface area contributed by atoms with Crippen molar-refractivity contribution in [2.24, 2.45) is 20.4 Å². The summed E-state index contributed by atoms with van der Waals surface area (Å²) in [6.45, 7) is 0. The minimum Gasteiger partial charge on any atom is -0.262 e. The lowest BCUT2D eigenvalue weighted by Crippen LogP contribution is -2.12. The Bertz CT molecular complexity index is 620. The maximum atomic E-state index is 8.54. The molecule has 7 nitrogen and oxygen atoms in total. The van der Waals surface area contributed by atoms with Crippen molar-refractivity contribution < 1.29 is 0 Å². The van der Waals surface area contributed by atoms with Gasteiger partial charge in [-0.15, -0.1) is 5.10 Å². The van der Waals surface area contributed by atoms with Crippen LogP contribution in [0.15, 0.2) is 68.1 Å². The van der Waals surface area contributed by atoms with Crippen LogP contribution in [0, 0.1) is 10.9 Å². The van der Waals surface area contributed by atoms with Gasteiger partial charge in [0.1, 0.15) is 5.71 Å². The molecule has 0 amide bonds. The van der Waals surface area contributed by atoms with Gasteiger partial charge in [0, 0.05) is 17.3 Å². The molecule has 0 unspecified atom stereocenters. The highest BCUT2D eigenvalue weighted by Gasteiger charge is 2.17. The zero-order valence-corrected chi connectivity index (χ0v) is 9.22. The molecule has 0 bridgehead atoms. The molecule has 0 radical (unpaired) electrons. The molecule has 18 heavy (non-hydrogen) atoms. The summed E-state index contributed by atoms with van der Waals surface area (Å²) in [4.78, 5) is 3.92. The summed E-state index contributed by atoms with van der Waals surface area (Å²) in [6, 6.07) is 0. The zero-order chi connectivity index (χ0) is 12.8. The summed E-state index contributed by atoms with van der Waals surface area (Å²) in [5.41, 5.74) is 9.16. The number of nitrogens with one attached hydrogen (secondary N) is 1. The highest BCUT2D eigenvalue weighted by molar-refractivity contribution is 6.41. The molecule has 0 saturated heterocycles. The average Bonchev–Trinajstić information content (AvgIpc) is 2.41. The number of hydrogen-bond acceptors (Lipinski definition) is 5. The third-order valence-corrected chi connectivity index (χ3v) is 2.30. The monoisotopic (exact) mass is 238 g/mol. The van der Waals surface area contributed by atoms with E-state index in [4.69, 9.17) is 10.9 Å². The zero-order valence-electron chi connectivity index (χ0n) is 9.22. The predicted molar refractivity (Wildman–Crippen MR) is 68.0 cm³/mol. The van der Waals surface area contributed by atoms with E-state index in [9.17, 15) is 0 Å². The molecule has 0 aromatic heterocycles. The molecular formula is C11H8N7+. The number of diazo groups is 1. The second kappa shape index (κ2) is 5.36. The van der Waals surface area contributed by atoms with Gasteiger partial charge in [0.25, 0.3) is 5.39 Å². The summed E-state index contributed by atoms with van der Waals surface area (Å²) >= 11 is 0. The largest absolute Gasteiger partial charge is 0.339 e. The SMILES string of the molecule is N#[N+]N=C1C=CC=CC1=C1C=CN=CC1=NN=N. The Morgan fingerprint density at radius 1 is 1.11 bits per heavy atom. The molecule has 7 heteroatoms. The van der Waals surface area contributed by atoms with E-state index >= 15 is 0 Å². The molecule has 0 atom stereocenters. The number of hydrogen-bond donors (Lipinski definition) is 1. The lowest BCUT2D eigenvalue weighted by atomic mass is 9.95. The Kier molecular flexibility index (Phi) is 3.42. The fourth-order valence-corrected chi connectivity index (χ4v) is 1.58. The molecule has 1 N–H and O–H groups in total. The summed E-state index contributed by atoms with van der Waals surface area (Å²) < 4.78 is 0. The number of rotatable bonds is 1. The van der Waals surface area contributed by atoms with Crippen LogP contribution >= 0.6 is 0 Å². The normalized spacial score (nSPS) is 25.7. The third-order valence-electron chi connectivity index (χ3n) is 2.30. The van der Waals surface area contributed by atoms with Crippen LogP contribution in [0.5, 0.6) is 0 Å². The van der Waals surface area contributed by atoms with Gasteiger partial charge in [-0.2, -0.15) is 5.53 Å². The molecule has 0 aromatic rings. The standard InChI is InChI=1S/C11H8N7/c12-17-15-10-4-2-1-3-8(10)9-5-6-14-7-11(9)16-18-13/h1-7,13H/q+1. The third kappa shape index (κ3) is 2.22. The van der Waals surface area contributed by atoms with Crippen molar-refractivity contribution in [1.82, 2.24) is 0 Å². The summed E-state index contributed by atoms with van der Waals surface area (Å²) in [5, 5.41) is 21.6. The maximum absolute atomic E-state index is 8.54. The predicted octanol–water partition coefficient (Wildman–Crippen LogP) is 2.60. The molecule has 0 fully saturated rings. The first-order valence-electron chi connectivity index (χ1n) is 5.03. The Labute approximate surface area is 102 Å². The smallest absolute Gasteiger partial charge is 0.262 e. The number of allylic oxidation sites excluding steroid dienone is 7. The Balaban J connectivity index is 2.59. The van der Waals surface area contributed by atoms with Crippen LogP contribution in [0.25, 0.3) is 5.08 Å². The minimum absolute atomic E-state index is 0.452. The van der Waals surface area contributed by atoms with E-state index in [0.717, 1.165) is 5.57 Å². The van der Waals surface area contributed by atoms with Crippen LogP contribution in [0.2, 0.25) is 0 Å². The van der Waals surface area contributed by atoms with Gasteiger partial charge in [0.05, 0.1) is 6.21 Å². The van der Waals surface area contributed by atoms with Crippen LogP contribution in [-0.4, -0.2) is 17.6 Å². The maximum Gasteiger partial charge on any atom is 0.339 e. The van der Waals surface area contributed by atoms with E-state index in [1.54, 1.807) is 24.4 Å². The van der Waals surface area contributed by atoms with Crippen LogP contribution in [-0.2, 0) is 0 Å². The van der Waals surface area contributed by atoms with Crippen molar-refractivity contribution in [2.75, 3.05) is 0 Å². The van der Waals surface area contributed by atoms with Gasteiger partial charge in [-0.05, 0) is 12.2 Å². The van der Waals surface area contributed by atoms with Gasteiger partial charge in [-0.3, -0.25) is 4.99 Å². The van der Waals surface area contributed by atoms with Crippen molar-refractivity contribution in [1.29, 1.82) is 10.9 Å². The quantitative estimate of drug-likeness (QED) is 0.423. The minimum atomic E-state index is 0.452. The first-order chi connectivity index (χ1) is 8.86. The van der Waals surface area contributed by atoms with Crippen LogP contribution < -0.4 is 0 Å². The molecule has 2 rings (SSSR count). The van der Waals surface area contributed by atoms with Gasteiger partial charge in [-0.25, -0.2) is 0 Å². The van der Waals surface area contributed by atoms with Gasteiger partial charge < -0.3 is 0 Å². The topological polar surface area (TPSA) is 101 Å². The van der Waals surface area contributed by atoms with Gasteiger partial charge in [0.15, 0.2) is 10.8 Å². The fraction of sp³-hybridized carbons (Fsp3) is 0. The molecule has 0 spiro atoms. The second-order valence-electron chi connectivity index (χ2n) is 3.30. The molecule has 1 heterocycles. The van der Waals surface area contributed by atoms with Crippen LogP contribution in [0.1, 0.15) is 0 Å². The van der Waals surface area contributed by atoms with Crippen LogP contribution in [0.3, 0.4) is 0 Å². The molecule has 0 saturated carbocycles. The molecular weight excluding hydrogens is 230 g/mol.